The molecule has 0 aliphatic carbocycles. The molecule has 12 heteroatoms. The molecule has 0 aromatic heterocycles. The zero-order chi connectivity index (χ0) is 30.3. The second-order valence-electron chi connectivity index (χ2n) is 9.46. The minimum absolute atomic E-state index is 0.0670. The Kier molecular flexibility index (Phi) is 10.1. The topological polar surface area (TPSA) is 139 Å². The summed E-state index contributed by atoms with van der Waals surface area (Å²) in [5.41, 5.74) is 1.86. The molecule has 2 amide bonds. The Labute approximate surface area is 239 Å². The molecular formula is C29H34N4O7S. The Morgan fingerprint density at radius 1 is 1.02 bits per heavy atom. The highest BCUT2D eigenvalue weighted by atomic mass is 32.2. The van der Waals surface area contributed by atoms with Crippen molar-refractivity contribution < 1.29 is 27.7 Å². The normalized spacial score (nSPS) is 11.8. The summed E-state index contributed by atoms with van der Waals surface area (Å²) < 4.78 is 34.0. The molecule has 1 N–H and O–H groups in total. The van der Waals surface area contributed by atoms with Crippen molar-refractivity contribution in [1.29, 1.82) is 0 Å². The standard InChI is InChI=1S/C29H34N4O7S/c1-6-26(29(35)30-4)31(18-22-10-7-20(2)8-11-22)28(34)19-32(23-12-14-24(40-5)15-13-23)41(38,39)25-16-9-21(3)27(17-25)33(36)37/h7-17,26H,6,18-19H2,1-5H3,(H,30,35)/t26-/m0/s1. The van der Waals surface area contributed by atoms with E-state index in [1.807, 2.05) is 31.2 Å². The van der Waals surface area contributed by atoms with Crippen LogP contribution in [-0.2, 0) is 26.2 Å². The van der Waals surface area contributed by atoms with Gasteiger partial charge >= 0.3 is 0 Å². The third kappa shape index (κ3) is 7.20. The van der Waals surface area contributed by atoms with Gasteiger partial charge in [-0.1, -0.05) is 42.8 Å². The monoisotopic (exact) mass is 582 g/mol. The van der Waals surface area contributed by atoms with E-state index in [4.69, 9.17) is 4.74 Å². The predicted molar refractivity (Wildman–Crippen MR) is 155 cm³/mol. The van der Waals surface area contributed by atoms with Gasteiger partial charge in [0, 0.05) is 25.2 Å². The molecule has 3 aromatic rings. The lowest BCUT2D eigenvalue weighted by Crippen LogP contribution is -2.51. The Bertz CT molecular complexity index is 1510. The van der Waals surface area contributed by atoms with Gasteiger partial charge < -0.3 is 15.0 Å². The van der Waals surface area contributed by atoms with E-state index in [1.54, 1.807) is 19.1 Å². The van der Waals surface area contributed by atoms with Crippen molar-refractivity contribution in [3.8, 4) is 5.75 Å². The average molecular weight is 583 g/mol. The number of carbonyl (C=O) groups excluding carboxylic acids is 2. The maximum atomic E-state index is 14.0. The van der Waals surface area contributed by atoms with Crippen LogP contribution in [-0.4, -0.2) is 56.8 Å². The summed E-state index contributed by atoms with van der Waals surface area (Å²) in [4.78, 5) is 38.7. The maximum Gasteiger partial charge on any atom is 0.273 e. The van der Waals surface area contributed by atoms with Crippen LogP contribution in [0.1, 0.15) is 30.0 Å². The van der Waals surface area contributed by atoms with Crippen molar-refractivity contribution in [2.45, 2.75) is 44.7 Å². The second kappa shape index (κ2) is 13.3. The number of ether oxygens (including phenoxy) is 1. The molecule has 0 heterocycles. The Hall–Kier alpha value is -4.45. The summed E-state index contributed by atoms with van der Waals surface area (Å²) in [6, 6.07) is 16.2. The van der Waals surface area contributed by atoms with Crippen molar-refractivity contribution in [3.05, 3.63) is 93.5 Å². The van der Waals surface area contributed by atoms with Gasteiger partial charge in [0.05, 0.1) is 22.6 Å². The number of carbonyl (C=O) groups is 2. The fraction of sp³-hybridized carbons (Fsp3) is 0.310. The average Bonchev–Trinajstić information content (AvgIpc) is 2.96. The zero-order valence-corrected chi connectivity index (χ0v) is 24.5. The van der Waals surface area contributed by atoms with Crippen LogP contribution in [0.3, 0.4) is 0 Å². The summed E-state index contributed by atoms with van der Waals surface area (Å²) in [5.74, 6) is -0.543. The van der Waals surface area contributed by atoms with Crippen LogP contribution in [0, 0.1) is 24.0 Å². The minimum atomic E-state index is -4.47. The molecule has 0 aliphatic heterocycles. The van der Waals surface area contributed by atoms with Gasteiger partial charge in [0.1, 0.15) is 18.3 Å². The van der Waals surface area contributed by atoms with Crippen molar-refractivity contribution in [3.63, 3.8) is 0 Å². The molecule has 0 bridgehead atoms. The number of nitro benzene ring substituents is 1. The number of methoxy groups -OCH3 is 1. The fourth-order valence-corrected chi connectivity index (χ4v) is 5.76. The number of anilines is 1. The molecule has 41 heavy (non-hydrogen) atoms. The molecule has 0 unspecified atom stereocenters. The number of aryl methyl sites for hydroxylation is 2. The van der Waals surface area contributed by atoms with Crippen molar-refractivity contribution in [2.24, 2.45) is 0 Å². The first kappa shape index (κ1) is 31.1. The van der Waals surface area contributed by atoms with Gasteiger partial charge in [-0.05, 0) is 56.2 Å². The Balaban J connectivity index is 2.11. The lowest BCUT2D eigenvalue weighted by Gasteiger charge is -2.33. The number of nitrogens with zero attached hydrogens (tertiary/aromatic N) is 3. The van der Waals surface area contributed by atoms with E-state index in [-0.39, 0.29) is 35.1 Å². The zero-order valence-electron chi connectivity index (χ0n) is 23.7. The Morgan fingerprint density at radius 2 is 1.66 bits per heavy atom. The van der Waals surface area contributed by atoms with Crippen LogP contribution in [0.15, 0.2) is 71.6 Å². The molecule has 11 nitrogen and oxygen atoms in total. The van der Waals surface area contributed by atoms with Crippen molar-refractivity contribution in [2.75, 3.05) is 25.0 Å². The smallest absolute Gasteiger partial charge is 0.273 e. The second-order valence-corrected chi connectivity index (χ2v) is 11.3. The highest BCUT2D eigenvalue weighted by Crippen LogP contribution is 2.29. The number of likely N-dealkylation sites (N-methyl/N-ethyl adjacent to an activating group) is 1. The van der Waals surface area contributed by atoms with Gasteiger partial charge in [-0.2, -0.15) is 0 Å². The van der Waals surface area contributed by atoms with Crippen LogP contribution in [0.2, 0.25) is 0 Å². The van der Waals surface area contributed by atoms with Gasteiger partial charge in [0.15, 0.2) is 0 Å². The first-order chi connectivity index (χ1) is 19.4. The predicted octanol–water partition coefficient (Wildman–Crippen LogP) is 3.97. The van der Waals surface area contributed by atoms with Crippen molar-refractivity contribution >= 4 is 33.2 Å². The minimum Gasteiger partial charge on any atom is -0.497 e. The van der Waals surface area contributed by atoms with Crippen LogP contribution >= 0.6 is 0 Å². The van der Waals surface area contributed by atoms with Gasteiger partial charge in [0.25, 0.3) is 15.7 Å². The number of hydrogen-bond donors (Lipinski definition) is 1. The fourth-order valence-electron chi connectivity index (χ4n) is 4.33. The Morgan fingerprint density at radius 3 is 2.20 bits per heavy atom. The van der Waals surface area contributed by atoms with Gasteiger partial charge in [-0.15, -0.1) is 0 Å². The highest BCUT2D eigenvalue weighted by Gasteiger charge is 2.34. The number of nitro groups is 1. The summed E-state index contributed by atoms with van der Waals surface area (Å²) >= 11 is 0. The lowest BCUT2D eigenvalue weighted by atomic mass is 10.1. The molecule has 0 spiro atoms. The number of nitrogens with one attached hydrogen (secondary N) is 1. The summed E-state index contributed by atoms with van der Waals surface area (Å²) in [7, 11) is -1.54. The molecule has 0 fully saturated rings. The number of hydrogen-bond acceptors (Lipinski definition) is 7. The summed E-state index contributed by atoms with van der Waals surface area (Å²) in [6.07, 6.45) is 0.288. The lowest BCUT2D eigenvalue weighted by molar-refractivity contribution is -0.385. The third-order valence-corrected chi connectivity index (χ3v) is 8.48. The maximum absolute atomic E-state index is 14.0. The van der Waals surface area contributed by atoms with Crippen molar-refractivity contribution in [1.82, 2.24) is 10.2 Å². The molecule has 1 atom stereocenters. The van der Waals surface area contributed by atoms with E-state index in [9.17, 15) is 28.1 Å². The number of sulfonamides is 1. The quantitative estimate of drug-likeness (QED) is 0.252. The van der Waals surface area contributed by atoms with Crippen LogP contribution in [0.5, 0.6) is 5.75 Å². The highest BCUT2D eigenvalue weighted by molar-refractivity contribution is 7.92. The summed E-state index contributed by atoms with van der Waals surface area (Å²) in [6.45, 7) is 4.61. The molecule has 0 radical (unpaired) electrons. The largest absolute Gasteiger partial charge is 0.497 e. The van der Waals surface area contributed by atoms with Gasteiger partial charge in [-0.3, -0.25) is 24.0 Å². The number of amides is 2. The van der Waals surface area contributed by atoms with E-state index < -0.39 is 33.4 Å². The summed E-state index contributed by atoms with van der Waals surface area (Å²) in [5, 5.41) is 14.1. The first-order valence-corrected chi connectivity index (χ1v) is 14.3. The van der Waals surface area contributed by atoms with Gasteiger partial charge in [-0.25, -0.2) is 8.42 Å². The molecule has 0 saturated carbocycles. The SMILES string of the molecule is CC[C@@H](C(=O)NC)N(Cc1ccc(C)cc1)C(=O)CN(c1ccc(OC)cc1)S(=O)(=O)c1ccc(C)c([N+](=O)[O-])c1. The van der Waals surface area contributed by atoms with E-state index in [2.05, 4.69) is 5.32 Å². The molecular weight excluding hydrogens is 548 g/mol. The molecule has 3 aromatic carbocycles. The van der Waals surface area contributed by atoms with E-state index >= 15 is 0 Å². The number of benzene rings is 3. The van der Waals surface area contributed by atoms with Crippen LogP contribution in [0.4, 0.5) is 11.4 Å². The first-order valence-electron chi connectivity index (χ1n) is 12.9. The van der Waals surface area contributed by atoms with E-state index in [0.29, 0.717) is 11.3 Å². The van der Waals surface area contributed by atoms with E-state index in [1.165, 1.54) is 50.2 Å². The third-order valence-electron chi connectivity index (χ3n) is 6.71. The van der Waals surface area contributed by atoms with E-state index in [0.717, 1.165) is 21.5 Å². The molecule has 3 rings (SSSR count). The number of rotatable bonds is 12. The van der Waals surface area contributed by atoms with Crippen LogP contribution in [0.25, 0.3) is 0 Å². The molecule has 0 saturated heterocycles. The molecule has 0 aliphatic rings. The molecule has 218 valence electrons. The van der Waals surface area contributed by atoms with Gasteiger partial charge in [0.2, 0.25) is 11.8 Å². The van der Waals surface area contributed by atoms with Crippen LogP contribution < -0.4 is 14.4 Å².